The molecule has 1 heterocycles. The molecule has 0 fully saturated rings. The number of pyridine rings is 1. The number of rotatable bonds is 5. The van der Waals surface area contributed by atoms with Crippen LogP contribution in [-0.2, 0) is 20.5 Å². The summed E-state index contributed by atoms with van der Waals surface area (Å²) in [5.74, 6) is -2.51. The van der Waals surface area contributed by atoms with Crippen molar-refractivity contribution < 1.29 is 31.9 Å². The zero-order chi connectivity index (χ0) is 20.0. The predicted molar refractivity (Wildman–Crippen MR) is 89.3 cm³/mol. The van der Waals surface area contributed by atoms with Gasteiger partial charge in [0.05, 0.1) is 10.6 Å². The van der Waals surface area contributed by atoms with Gasteiger partial charge in [-0.15, -0.1) is 0 Å². The van der Waals surface area contributed by atoms with E-state index in [-0.39, 0.29) is 5.82 Å². The number of esters is 1. The molecule has 0 spiro atoms. The molecule has 0 aliphatic heterocycles. The van der Waals surface area contributed by atoms with E-state index in [4.69, 9.17) is 11.6 Å². The van der Waals surface area contributed by atoms with Crippen LogP contribution in [0.4, 0.5) is 23.4 Å². The Balaban J connectivity index is 1.88. The average Bonchev–Trinajstić information content (AvgIpc) is 2.59. The number of benzene rings is 1. The van der Waals surface area contributed by atoms with Gasteiger partial charge in [0.2, 0.25) is 0 Å². The third kappa shape index (κ3) is 6.37. The summed E-state index contributed by atoms with van der Waals surface area (Å²) in [6.07, 6.45) is -1.83. The monoisotopic (exact) mass is 402 g/mol. The third-order valence-electron chi connectivity index (χ3n) is 3.03. The van der Waals surface area contributed by atoms with Crippen LogP contribution in [0.1, 0.15) is 11.1 Å². The SMILES string of the molecule is O=C(COC(=O)C=Cc1cccc(F)c1)Nc1ncc(C(F)(F)F)cc1Cl. The maximum atomic E-state index is 13.0. The second-order valence-corrected chi connectivity index (χ2v) is 5.50. The van der Waals surface area contributed by atoms with Crippen molar-refractivity contribution in [1.29, 1.82) is 0 Å². The zero-order valence-electron chi connectivity index (χ0n) is 13.4. The first kappa shape index (κ1) is 20.4. The fraction of sp³-hybridized carbons (Fsp3) is 0.118. The van der Waals surface area contributed by atoms with E-state index in [2.05, 4.69) is 15.0 Å². The molecule has 1 aromatic carbocycles. The lowest BCUT2D eigenvalue weighted by atomic mass is 10.2. The molecule has 27 heavy (non-hydrogen) atoms. The van der Waals surface area contributed by atoms with E-state index in [0.717, 1.165) is 6.08 Å². The molecule has 2 rings (SSSR count). The second kappa shape index (κ2) is 8.63. The van der Waals surface area contributed by atoms with Gasteiger partial charge in [0.25, 0.3) is 5.91 Å². The van der Waals surface area contributed by atoms with Gasteiger partial charge in [0.15, 0.2) is 12.4 Å². The van der Waals surface area contributed by atoms with E-state index in [0.29, 0.717) is 17.8 Å². The van der Waals surface area contributed by atoms with E-state index in [9.17, 15) is 27.2 Å². The van der Waals surface area contributed by atoms with Crippen LogP contribution in [0.2, 0.25) is 5.02 Å². The molecule has 0 radical (unpaired) electrons. The predicted octanol–water partition coefficient (Wildman–Crippen LogP) is 4.09. The summed E-state index contributed by atoms with van der Waals surface area (Å²) < 4.78 is 55.2. The van der Waals surface area contributed by atoms with Gasteiger partial charge in [-0.05, 0) is 29.8 Å². The Morgan fingerprint density at radius 1 is 1.26 bits per heavy atom. The van der Waals surface area contributed by atoms with Crippen molar-refractivity contribution >= 4 is 35.4 Å². The van der Waals surface area contributed by atoms with Crippen LogP contribution < -0.4 is 5.32 Å². The van der Waals surface area contributed by atoms with Gasteiger partial charge < -0.3 is 10.1 Å². The highest BCUT2D eigenvalue weighted by atomic mass is 35.5. The highest BCUT2D eigenvalue weighted by Gasteiger charge is 2.31. The molecule has 2 aromatic rings. The maximum Gasteiger partial charge on any atom is 0.417 e. The van der Waals surface area contributed by atoms with Gasteiger partial charge >= 0.3 is 12.1 Å². The van der Waals surface area contributed by atoms with Crippen LogP contribution in [0, 0.1) is 5.82 Å². The molecular weight excluding hydrogens is 392 g/mol. The normalized spacial score (nSPS) is 11.4. The minimum atomic E-state index is -4.62. The summed E-state index contributed by atoms with van der Waals surface area (Å²) >= 11 is 5.65. The maximum absolute atomic E-state index is 13.0. The number of halogens is 5. The molecule has 5 nitrogen and oxygen atoms in total. The van der Waals surface area contributed by atoms with Crippen molar-refractivity contribution in [1.82, 2.24) is 4.98 Å². The smallest absolute Gasteiger partial charge is 0.417 e. The molecule has 0 aliphatic carbocycles. The summed E-state index contributed by atoms with van der Waals surface area (Å²) in [4.78, 5) is 26.6. The van der Waals surface area contributed by atoms with E-state index < -0.39 is 41.1 Å². The molecule has 1 aromatic heterocycles. The minimum absolute atomic E-state index is 0.305. The van der Waals surface area contributed by atoms with Crippen molar-refractivity contribution in [3.63, 3.8) is 0 Å². The molecule has 0 saturated carbocycles. The van der Waals surface area contributed by atoms with Gasteiger partial charge in [-0.3, -0.25) is 4.79 Å². The van der Waals surface area contributed by atoms with Crippen LogP contribution in [0.25, 0.3) is 6.08 Å². The summed E-state index contributed by atoms with van der Waals surface area (Å²) in [5, 5.41) is 1.70. The average molecular weight is 403 g/mol. The number of alkyl halides is 3. The Labute approximate surface area is 155 Å². The molecule has 1 amide bonds. The molecule has 0 unspecified atom stereocenters. The Kier molecular flexibility index (Phi) is 6.51. The van der Waals surface area contributed by atoms with Crippen LogP contribution in [0.15, 0.2) is 42.6 Å². The lowest BCUT2D eigenvalue weighted by Crippen LogP contribution is -2.21. The van der Waals surface area contributed by atoms with E-state index in [1.807, 2.05) is 0 Å². The number of amides is 1. The quantitative estimate of drug-likeness (QED) is 0.465. The molecule has 10 heteroatoms. The fourth-order valence-electron chi connectivity index (χ4n) is 1.81. The van der Waals surface area contributed by atoms with E-state index in [1.165, 1.54) is 24.3 Å². The van der Waals surface area contributed by atoms with Gasteiger partial charge in [-0.25, -0.2) is 14.2 Å². The lowest BCUT2D eigenvalue weighted by molar-refractivity contribution is -0.142. The van der Waals surface area contributed by atoms with Crippen molar-refractivity contribution in [3.8, 4) is 0 Å². The number of hydrogen-bond donors (Lipinski definition) is 1. The third-order valence-corrected chi connectivity index (χ3v) is 3.32. The first-order valence-corrected chi connectivity index (χ1v) is 7.66. The number of nitrogens with zero attached hydrogens (tertiary/aromatic N) is 1. The molecule has 0 bridgehead atoms. The summed E-state index contributed by atoms with van der Waals surface area (Å²) in [5.41, 5.74) is -0.656. The highest BCUT2D eigenvalue weighted by molar-refractivity contribution is 6.33. The fourth-order valence-corrected chi connectivity index (χ4v) is 2.03. The van der Waals surface area contributed by atoms with Gasteiger partial charge in [-0.1, -0.05) is 23.7 Å². The largest absolute Gasteiger partial charge is 0.452 e. The Morgan fingerprint density at radius 2 is 2.00 bits per heavy atom. The van der Waals surface area contributed by atoms with Crippen molar-refractivity contribution in [2.75, 3.05) is 11.9 Å². The molecule has 0 saturated heterocycles. The standard InChI is InChI=1S/C17H11ClF4N2O3/c18-13-7-11(17(20,21)22)8-23-16(13)24-14(25)9-27-15(26)5-4-10-2-1-3-12(19)6-10/h1-8H,9H2,(H,23,24,25). The minimum Gasteiger partial charge on any atom is -0.452 e. The molecule has 142 valence electrons. The van der Waals surface area contributed by atoms with Gasteiger partial charge in [0, 0.05) is 12.3 Å². The van der Waals surface area contributed by atoms with Crippen LogP contribution >= 0.6 is 11.6 Å². The van der Waals surface area contributed by atoms with E-state index in [1.54, 1.807) is 6.07 Å². The van der Waals surface area contributed by atoms with Crippen molar-refractivity contribution in [2.24, 2.45) is 0 Å². The first-order valence-electron chi connectivity index (χ1n) is 7.28. The van der Waals surface area contributed by atoms with Crippen LogP contribution in [0.5, 0.6) is 0 Å². The van der Waals surface area contributed by atoms with Gasteiger partial charge in [0.1, 0.15) is 5.82 Å². The summed E-state index contributed by atoms with van der Waals surface area (Å²) in [6.45, 7) is -0.717. The zero-order valence-corrected chi connectivity index (χ0v) is 14.1. The number of hydrogen-bond acceptors (Lipinski definition) is 4. The molecule has 0 aliphatic rings. The Morgan fingerprint density at radius 3 is 2.63 bits per heavy atom. The van der Waals surface area contributed by atoms with Crippen molar-refractivity contribution in [2.45, 2.75) is 6.18 Å². The molecule has 0 atom stereocenters. The summed E-state index contributed by atoms with van der Waals surface area (Å²) in [7, 11) is 0. The molecule has 1 N–H and O–H groups in total. The number of anilines is 1. The van der Waals surface area contributed by atoms with Gasteiger partial charge in [-0.2, -0.15) is 13.2 Å². The van der Waals surface area contributed by atoms with Crippen LogP contribution in [0.3, 0.4) is 0 Å². The number of carbonyl (C=O) groups excluding carboxylic acids is 2. The Hall–Kier alpha value is -2.94. The molecular formula is C17H11ClF4N2O3. The number of nitrogens with one attached hydrogen (secondary N) is 1. The Bertz CT molecular complexity index is 885. The van der Waals surface area contributed by atoms with Crippen LogP contribution in [-0.4, -0.2) is 23.5 Å². The topological polar surface area (TPSA) is 68.3 Å². The second-order valence-electron chi connectivity index (χ2n) is 5.10. The van der Waals surface area contributed by atoms with E-state index >= 15 is 0 Å². The number of ether oxygens (including phenoxy) is 1. The summed E-state index contributed by atoms with van der Waals surface area (Å²) in [6, 6.07) is 6.04. The number of carbonyl (C=O) groups is 2. The first-order chi connectivity index (χ1) is 12.6. The lowest BCUT2D eigenvalue weighted by Gasteiger charge is -2.10. The highest BCUT2D eigenvalue weighted by Crippen LogP contribution is 2.32. The number of aromatic nitrogens is 1. The van der Waals surface area contributed by atoms with Crippen molar-refractivity contribution in [3.05, 3.63) is 64.6 Å².